The molecule has 1 N–H and O–H groups in total. The molecule has 0 amide bonds. The molecule has 0 bridgehead atoms. The lowest BCUT2D eigenvalue weighted by Crippen LogP contribution is -2.12. The Balaban J connectivity index is 0.00000242. The van der Waals surface area contributed by atoms with Crippen LogP contribution < -0.4 is 10.1 Å². The van der Waals surface area contributed by atoms with Gasteiger partial charge in [0, 0.05) is 6.54 Å². The van der Waals surface area contributed by atoms with Crippen LogP contribution in [0, 0.1) is 20.8 Å². The van der Waals surface area contributed by atoms with Gasteiger partial charge in [-0.25, -0.2) is 0 Å². The van der Waals surface area contributed by atoms with Crippen molar-refractivity contribution >= 4 is 12.4 Å². The van der Waals surface area contributed by atoms with Gasteiger partial charge >= 0.3 is 0 Å². The molecule has 0 aliphatic rings. The zero-order valence-electron chi connectivity index (χ0n) is 13.9. The topological polar surface area (TPSA) is 21.3 Å². The third kappa shape index (κ3) is 4.75. The number of benzene rings is 2. The summed E-state index contributed by atoms with van der Waals surface area (Å²) in [5.41, 5.74) is 6.24. The smallest absolute Gasteiger partial charge is 0.125 e. The molecule has 2 rings (SSSR count). The minimum Gasteiger partial charge on any atom is -0.488 e. The molecule has 3 heteroatoms. The molecule has 0 aliphatic carbocycles. The average Bonchev–Trinajstić information content (AvgIpc) is 2.46. The van der Waals surface area contributed by atoms with Crippen LogP contribution in [0.25, 0.3) is 0 Å². The lowest BCUT2D eigenvalue weighted by molar-refractivity contribution is 0.301. The molecule has 0 saturated carbocycles. The lowest BCUT2D eigenvalue weighted by Gasteiger charge is -2.15. The number of halogens is 1. The van der Waals surface area contributed by atoms with E-state index in [1.165, 1.54) is 27.8 Å². The molecule has 2 aromatic carbocycles. The van der Waals surface area contributed by atoms with Crippen molar-refractivity contribution in [2.75, 3.05) is 6.54 Å². The van der Waals surface area contributed by atoms with Crippen LogP contribution in [0.2, 0.25) is 0 Å². The largest absolute Gasteiger partial charge is 0.488 e. The maximum absolute atomic E-state index is 6.07. The van der Waals surface area contributed by atoms with Gasteiger partial charge in [0.1, 0.15) is 12.4 Å². The first-order chi connectivity index (χ1) is 10.1. The predicted molar refractivity (Wildman–Crippen MR) is 96.1 cm³/mol. The maximum Gasteiger partial charge on any atom is 0.125 e. The Morgan fingerprint density at radius 3 is 2.18 bits per heavy atom. The zero-order chi connectivity index (χ0) is 15.2. The fourth-order valence-corrected chi connectivity index (χ4v) is 2.56. The minimum absolute atomic E-state index is 0. The number of ether oxygens (including phenoxy) is 1. The highest BCUT2D eigenvalue weighted by atomic mass is 35.5. The Bertz CT molecular complexity index is 587. The summed E-state index contributed by atoms with van der Waals surface area (Å²) in [5.74, 6) is 1.01. The van der Waals surface area contributed by atoms with Crippen LogP contribution in [-0.4, -0.2) is 6.54 Å². The molecule has 0 heterocycles. The second kappa shape index (κ2) is 8.82. The molecular formula is C19H26ClNO. The number of hydrogen-bond acceptors (Lipinski definition) is 2. The van der Waals surface area contributed by atoms with Crippen molar-refractivity contribution in [3.8, 4) is 5.75 Å². The Labute approximate surface area is 140 Å². The molecule has 0 fully saturated rings. The molecule has 2 aromatic rings. The Morgan fingerprint density at radius 1 is 0.955 bits per heavy atom. The standard InChI is InChI=1S/C19H25NO.ClH/c1-5-20-12-17-10-15(3)19(16(4)11-17)21-13-18-9-7-6-8-14(18)2;/h6-11,20H,5,12-13H2,1-4H3;1H. The molecule has 0 unspecified atom stereocenters. The molecule has 0 saturated heterocycles. The summed E-state index contributed by atoms with van der Waals surface area (Å²) in [7, 11) is 0. The molecule has 0 atom stereocenters. The molecule has 0 aromatic heterocycles. The summed E-state index contributed by atoms with van der Waals surface area (Å²) in [6.45, 7) is 11.0. The van der Waals surface area contributed by atoms with Crippen LogP contribution in [0.3, 0.4) is 0 Å². The van der Waals surface area contributed by atoms with Crippen molar-refractivity contribution in [2.45, 2.75) is 40.8 Å². The molecule has 22 heavy (non-hydrogen) atoms. The van der Waals surface area contributed by atoms with E-state index >= 15 is 0 Å². The molecule has 0 spiro atoms. The molecule has 120 valence electrons. The van der Waals surface area contributed by atoms with E-state index in [0.717, 1.165) is 18.8 Å². The van der Waals surface area contributed by atoms with E-state index in [2.05, 4.69) is 69.4 Å². The van der Waals surface area contributed by atoms with E-state index in [4.69, 9.17) is 4.74 Å². The first kappa shape index (κ1) is 18.5. The van der Waals surface area contributed by atoms with E-state index in [-0.39, 0.29) is 12.4 Å². The van der Waals surface area contributed by atoms with Crippen molar-refractivity contribution in [2.24, 2.45) is 0 Å². The Hall–Kier alpha value is -1.51. The highest BCUT2D eigenvalue weighted by molar-refractivity contribution is 5.85. The van der Waals surface area contributed by atoms with Crippen LogP contribution in [-0.2, 0) is 13.2 Å². The monoisotopic (exact) mass is 319 g/mol. The molecule has 0 aliphatic heterocycles. The maximum atomic E-state index is 6.07. The summed E-state index contributed by atoms with van der Waals surface area (Å²) in [4.78, 5) is 0. The third-order valence-electron chi connectivity index (χ3n) is 3.73. The zero-order valence-corrected chi connectivity index (χ0v) is 14.7. The van der Waals surface area contributed by atoms with Gasteiger partial charge in [-0.15, -0.1) is 12.4 Å². The number of aryl methyl sites for hydroxylation is 3. The van der Waals surface area contributed by atoms with Crippen LogP contribution in [0.1, 0.15) is 34.7 Å². The minimum atomic E-state index is 0. The van der Waals surface area contributed by atoms with E-state index in [0.29, 0.717) is 6.61 Å². The van der Waals surface area contributed by atoms with Gasteiger partial charge in [-0.2, -0.15) is 0 Å². The number of nitrogens with one attached hydrogen (secondary N) is 1. The van der Waals surface area contributed by atoms with Gasteiger partial charge in [0.25, 0.3) is 0 Å². The third-order valence-corrected chi connectivity index (χ3v) is 3.73. The first-order valence-electron chi connectivity index (χ1n) is 7.60. The van der Waals surface area contributed by atoms with Gasteiger partial charge < -0.3 is 10.1 Å². The SMILES string of the molecule is CCNCc1cc(C)c(OCc2ccccc2C)c(C)c1.Cl. The van der Waals surface area contributed by atoms with Gasteiger partial charge in [0.2, 0.25) is 0 Å². The van der Waals surface area contributed by atoms with Crippen molar-refractivity contribution in [3.63, 3.8) is 0 Å². The highest BCUT2D eigenvalue weighted by Crippen LogP contribution is 2.26. The van der Waals surface area contributed by atoms with E-state index in [1.807, 2.05) is 0 Å². The van der Waals surface area contributed by atoms with E-state index < -0.39 is 0 Å². The molecular weight excluding hydrogens is 294 g/mol. The van der Waals surface area contributed by atoms with Gasteiger partial charge in [0.05, 0.1) is 0 Å². The molecule has 0 radical (unpaired) electrons. The summed E-state index contributed by atoms with van der Waals surface area (Å²) in [6.07, 6.45) is 0. The van der Waals surface area contributed by atoms with Crippen LogP contribution >= 0.6 is 12.4 Å². The lowest BCUT2D eigenvalue weighted by atomic mass is 10.1. The normalized spacial score (nSPS) is 10.2. The second-order valence-corrected chi connectivity index (χ2v) is 5.55. The van der Waals surface area contributed by atoms with Crippen LogP contribution in [0.5, 0.6) is 5.75 Å². The van der Waals surface area contributed by atoms with E-state index in [1.54, 1.807) is 0 Å². The quantitative estimate of drug-likeness (QED) is 0.831. The number of hydrogen-bond donors (Lipinski definition) is 1. The summed E-state index contributed by atoms with van der Waals surface area (Å²) in [6, 6.07) is 12.8. The van der Waals surface area contributed by atoms with Gasteiger partial charge in [-0.1, -0.05) is 43.3 Å². The van der Waals surface area contributed by atoms with Crippen LogP contribution in [0.15, 0.2) is 36.4 Å². The summed E-state index contributed by atoms with van der Waals surface area (Å²) in [5, 5.41) is 3.36. The van der Waals surface area contributed by atoms with Crippen molar-refractivity contribution in [1.82, 2.24) is 5.32 Å². The second-order valence-electron chi connectivity index (χ2n) is 5.55. The van der Waals surface area contributed by atoms with Gasteiger partial charge in [-0.3, -0.25) is 0 Å². The first-order valence-corrected chi connectivity index (χ1v) is 7.60. The van der Waals surface area contributed by atoms with Gasteiger partial charge in [-0.05, 0) is 55.1 Å². The van der Waals surface area contributed by atoms with E-state index in [9.17, 15) is 0 Å². The predicted octanol–water partition coefficient (Wildman–Crippen LogP) is 4.72. The van der Waals surface area contributed by atoms with Crippen molar-refractivity contribution in [3.05, 3.63) is 64.2 Å². The average molecular weight is 320 g/mol. The number of rotatable bonds is 6. The highest BCUT2D eigenvalue weighted by Gasteiger charge is 2.07. The summed E-state index contributed by atoms with van der Waals surface area (Å²) >= 11 is 0. The van der Waals surface area contributed by atoms with Gasteiger partial charge in [0.15, 0.2) is 0 Å². The van der Waals surface area contributed by atoms with Crippen LogP contribution in [0.4, 0.5) is 0 Å². The summed E-state index contributed by atoms with van der Waals surface area (Å²) < 4.78 is 6.07. The van der Waals surface area contributed by atoms with Crippen molar-refractivity contribution in [1.29, 1.82) is 0 Å². The Morgan fingerprint density at radius 2 is 1.59 bits per heavy atom. The Kier molecular flexibility index (Phi) is 7.43. The molecule has 2 nitrogen and oxygen atoms in total. The fraction of sp³-hybridized carbons (Fsp3) is 0.368. The fourth-order valence-electron chi connectivity index (χ4n) is 2.56. The van der Waals surface area contributed by atoms with Crippen molar-refractivity contribution < 1.29 is 4.74 Å².